The number of nitrogens with two attached hydrogens (primary N) is 1. The number of thiol groups is 1. The second-order valence-corrected chi connectivity index (χ2v) is 4.02. The van der Waals surface area contributed by atoms with Crippen LogP contribution in [0.1, 0.15) is 12.6 Å². The average molecular weight is 243 g/mol. The Kier molecular flexibility index (Phi) is 3.17. The topological polar surface area (TPSA) is 90.4 Å². The summed E-state index contributed by atoms with van der Waals surface area (Å²) in [6, 6.07) is 1.52. The fourth-order valence-corrected chi connectivity index (χ4v) is 2.02. The van der Waals surface area contributed by atoms with Crippen molar-refractivity contribution in [3.8, 4) is 0 Å². The lowest BCUT2D eigenvalue weighted by Gasteiger charge is -2.14. The molecule has 2 rings (SSSR count). The molecule has 2 heterocycles. The smallest absolute Gasteiger partial charge is 0.351 e. The number of ether oxygens (including phenoxy) is 1. The van der Waals surface area contributed by atoms with Crippen molar-refractivity contribution in [1.29, 1.82) is 0 Å². The van der Waals surface area contributed by atoms with Gasteiger partial charge in [0, 0.05) is 18.4 Å². The molecule has 1 aromatic heterocycles. The van der Waals surface area contributed by atoms with Gasteiger partial charge >= 0.3 is 5.69 Å². The minimum atomic E-state index is -0.605. The van der Waals surface area contributed by atoms with E-state index in [-0.39, 0.29) is 11.9 Å². The molecule has 88 valence electrons. The molecule has 7 heteroatoms. The molecule has 0 saturated carbocycles. The van der Waals surface area contributed by atoms with E-state index in [0.29, 0.717) is 12.2 Å². The Balaban J connectivity index is 2.23. The lowest BCUT2D eigenvalue weighted by Crippen LogP contribution is -2.27. The number of hydrogen-bond donors (Lipinski definition) is 3. The van der Waals surface area contributed by atoms with Crippen molar-refractivity contribution >= 4 is 18.4 Å². The first kappa shape index (κ1) is 11.4. The molecule has 1 aliphatic heterocycles. The second-order valence-electron chi connectivity index (χ2n) is 3.66. The van der Waals surface area contributed by atoms with E-state index in [1.807, 2.05) is 0 Å². The maximum atomic E-state index is 11.5. The molecule has 0 amide bonds. The normalized spacial score (nSPS) is 29.5. The van der Waals surface area contributed by atoms with Crippen LogP contribution in [-0.2, 0) is 4.74 Å². The van der Waals surface area contributed by atoms with Crippen LogP contribution in [0.5, 0.6) is 0 Å². The van der Waals surface area contributed by atoms with Crippen LogP contribution in [0.4, 0.5) is 5.82 Å². The Hall–Kier alpha value is -1.05. The van der Waals surface area contributed by atoms with Gasteiger partial charge in [-0.05, 0) is 6.07 Å². The molecule has 0 unspecified atom stereocenters. The summed E-state index contributed by atoms with van der Waals surface area (Å²) >= 11 is 4.06. The summed E-state index contributed by atoms with van der Waals surface area (Å²) in [6.45, 7) is 0. The van der Waals surface area contributed by atoms with Gasteiger partial charge in [0.05, 0.1) is 12.2 Å². The highest BCUT2D eigenvalue weighted by atomic mass is 32.1. The summed E-state index contributed by atoms with van der Waals surface area (Å²) in [4.78, 5) is 15.1. The number of rotatable bonds is 2. The fraction of sp³-hybridized carbons (Fsp3) is 0.556. The van der Waals surface area contributed by atoms with Crippen molar-refractivity contribution in [2.75, 3.05) is 11.5 Å². The first-order valence-corrected chi connectivity index (χ1v) is 5.54. The van der Waals surface area contributed by atoms with Gasteiger partial charge in [-0.2, -0.15) is 17.6 Å². The highest BCUT2D eigenvalue weighted by molar-refractivity contribution is 7.80. The van der Waals surface area contributed by atoms with E-state index >= 15 is 0 Å². The van der Waals surface area contributed by atoms with Crippen LogP contribution in [0, 0.1) is 0 Å². The van der Waals surface area contributed by atoms with E-state index in [1.54, 1.807) is 0 Å². The molecule has 0 spiro atoms. The quantitative estimate of drug-likeness (QED) is 0.604. The maximum absolute atomic E-state index is 11.5. The molecule has 0 radical (unpaired) electrons. The molecule has 6 nitrogen and oxygen atoms in total. The fourth-order valence-electron chi connectivity index (χ4n) is 1.70. The van der Waals surface area contributed by atoms with Crippen LogP contribution in [0.25, 0.3) is 0 Å². The highest BCUT2D eigenvalue weighted by Crippen LogP contribution is 2.27. The zero-order chi connectivity index (χ0) is 11.7. The van der Waals surface area contributed by atoms with E-state index in [9.17, 15) is 9.90 Å². The van der Waals surface area contributed by atoms with Gasteiger partial charge in [0.2, 0.25) is 0 Å². The van der Waals surface area contributed by atoms with Crippen molar-refractivity contribution in [2.45, 2.75) is 24.9 Å². The second kappa shape index (κ2) is 4.44. The highest BCUT2D eigenvalue weighted by Gasteiger charge is 2.34. The van der Waals surface area contributed by atoms with Crippen LogP contribution >= 0.6 is 12.6 Å². The summed E-state index contributed by atoms with van der Waals surface area (Å²) in [5, 5.41) is 9.63. The summed E-state index contributed by atoms with van der Waals surface area (Å²) in [5.41, 5.74) is 4.91. The third kappa shape index (κ3) is 2.06. The van der Waals surface area contributed by atoms with E-state index < -0.39 is 18.0 Å². The Morgan fingerprint density at radius 1 is 1.75 bits per heavy atom. The molecular formula is C9H13N3O3S. The van der Waals surface area contributed by atoms with Gasteiger partial charge in [-0.25, -0.2) is 4.79 Å². The first-order chi connectivity index (χ1) is 7.61. The number of hydrogen-bond acceptors (Lipinski definition) is 6. The summed E-state index contributed by atoms with van der Waals surface area (Å²) in [7, 11) is 0. The van der Waals surface area contributed by atoms with Crippen LogP contribution < -0.4 is 11.4 Å². The Morgan fingerprint density at radius 3 is 3.06 bits per heavy atom. The molecule has 1 fully saturated rings. The van der Waals surface area contributed by atoms with Crippen molar-refractivity contribution in [3.05, 3.63) is 22.7 Å². The van der Waals surface area contributed by atoms with E-state index in [2.05, 4.69) is 17.6 Å². The number of anilines is 1. The van der Waals surface area contributed by atoms with E-state index in [0.717, 1.165) is 0 Å². The van der Waals surface area contributed by atoms with Gasteiger partial charge in [-0.15, -0.1) is 0 Å². The largest absolute Gasteiger partial charge is 0.390 e. The molecule has 0 aliphatic carbocycles. The minimum absolute atomic E-state index is 0.172. The van der Waals surface area contributed by atoms with Crippen LogP contribution in [-0.4, -0.2) is 32.6 Å². The number of aliphatic hydroxyl groups is 1. The molecule has 3 atom stereocenters. The lowest BCUT2D eigenvalue weighted by atomic mass is 10.2. The van der Waals surface area contributed by atoms with Crippen molar-refractivity contribution < 1.29 is 9.84 Å². The SMILES string of the molecule is Nc1ccn([C@H]2C[C@H](O)[C@@H](CS)O2)c(=O)n1. The van der Waals surface area contributed by atoms with Crippen molar-refractivity contribution in [2.24, 2.45) is 0 Å². The van der Waals surface area contributed by atoms with Gasteiger partial charge in [-0.3, -0.25) is 4.57 Å². The van der Waals surface area contributed by atoms with Gasteiger partial charge < -0.3 is 15.6 Å². The Morgan fingerprint density at radius 2 is 2.50 bits per heavy atom. The number of aliphatic hydroxyl groups excluding tert-OH is 1. The average Bonchev–Trinajstić information content (AvgIpc) is 2.59. The zero-order valence-corrected chi connectivity index (χ0v) is 9.38. The lowest BCUT2D eigenvalue weighted by molar-refractivity contribution is -0.00728. The third-order valence-corrected chi connectivity index (χ3v) is 2.91. The first-order valence-electron chi connectivity index (χ1n) is 4.91. The standard InChI is InChI=1S/C9H13N3O3S/c10-7-1-2-12(9(14)11-7)8-3-5(13)6(4-16)15-8/h1-2,5-6,8,13,16H,3-4H2,(H2,10,11,14)/t5-,6+,8+/m0/s1. The molecule has 1 aromatic rings. The Bertz CT molecular complexity index is 436. The predicted octanol–water partition coefficient (Wildman–Crippen LogP) is -0.596. The third-order valence-electron chi connectivity index (χ3n) is 2.55. The van der Waals surface area contributed by atoms with Gasteiger partial charge in [0.25, 0.3) is 0 Å². The van der Waals surface area contributed by atoms with Gasteiger partial charge in [0.15, 0.2) is 0 Å². The molecule has 0 bridgehead atoms. The molecule has 1 saturated heterocycles. The van der Waals surface area contributed by atoms with Gasteiger partial charge in [-0.1, -0.05) is 0 Å². The maximum Gasteiger partial charge on any atom is 0.351 e. The minimum Gasteiger partial charge on any atom is -0.390 e. The number of nitrogens with zero attached hydrogens (tertiary/aromatic N) is 2. The molecule has 1 aliphatic rings. The number of nitrogen functional groups attached to an aromatic ring is 1. The van der Waals surface area contributed by atoms with Gasteiger partial charge in [0.1, 0.15) is 12.0 Å². The summed E-state index contributed by atoms with van der Waals surface area (Å²) in [6.07, 6.45) is 0.428. The summed E-state index contributed by atoms with van der Waals surface area (Å²) < 4.78 is 6.81. The Labute approximate surface area is 97.5 Å². The summed E-state index contributed by atoms with van der Waals surface area (Å²) in [5.74, 6) is 0.583. The molecule has 0 aromatic carbocycles. The van der Waals surface area contributed by atoms with Crippen molar-refractivity contribution in [3.63, 3.8) is 0 Å². The number of aromatic nitrogens is 2. The molecule has 16 heavy (non-hydrogen) atoms. The van der Waals surface area contributed by atoms with Crippen LogP contribution in [0.15, 0.2) is 17.1 Å². The van der Waals surface area contributed by atoms with Crippen LogP contribution in [0.3, 0.4) is 0 Å². The van der Waals surface area contributed by atoms with Crippen molar-refractivity contribution in [1.82, 2.24) is 9.55 Å². The monoisotopic (exact) mass is 243 g/mol. The molecular weight excluding hydrogens is 230 g/mol. The predicted molar refractivity (Wildman–Crippen MR) is 61.3 cm³/mol. The zero-order valence-electron chi connectivity index (χ0n) is 8.48. The van der Waals surface area contributed by atoms with E-state index in [1.165, 1.54) is 16.8 Å². The van der Waals surface area contributed by atoms with E-state index in [4.69, 9.17) is 10.5 Å². The van der Waals surface area contributed by atoms with Crippen LogP contribution in [0.2, 0.25) is 0 Å². The molecule has 3 N–H and O–H groups in total.